The molecule has 4 saturated carbocycles. The molecule has 6 bridgehead atoms. The van der Waals surface area contributed by atoms with E-state index < -0.39 is 74.6 Å². The molecule has 2 aliphatic heterocycles. The second-order valence-electron chi connectivity index (χ2n) is 12.6. The third-order valence-electron chi connectivity index (χ3n) is 11.4. The van der Waals surface area contributed by atoms with Gasteiger partial charge in [0.15, 0.2) is 17.5 Å². The second kappa shape index (κ2) is 6.31. The molecular formula is C26H35NO9. The molecule has 0 radical (unpaired) electrons. The molecule has 0 amide bonds. The third-order valence-corrected chi connectivity index (χ3v) is 11.4. The maximum Gasteiger partial charge on any atom is 0.340 e. The van der Waals surface area contributed by atoms with Gasteiger partial charge in [0.25, 0.3) is 0 Å². The first-order valence-corrected chi connectivity index (χ1v) is 12.6. The van der Waals surface area contributed by atoms with E-state index in [1.807, 2.05) is 0 Å². The van der Waals surface area contributed by atoms with Gasteiger partial charge in [-0.3, -0.25) is 4.98 Å². The maximum atomic E-state index is 13.3. The molecule has 10 heteroatoms. The highest BCUT2D eigenvalue weighted by Gasteiger charge is 3.10. The van der Waals surface area contributed by atoms with Crippen molar-refractivity contribution >= 4 is 5.97 Å². The van der Waals surface area contributed by atoms with Crippen LogP contribution in [0.1, 0.15) is 64.2 Å². The lowest BCUT2D eigenvalue weighted by Gasteiger charge is -2.60. The Kier molecular flexibility index (Phi) is 4.32. The van der Waals surface area contributed by atoms with Crippen molar-refractivity contribution in [2.24, 2.45) is 22.7 Å². The van der Waals surface area contributed by atoms with Crippen LogP contribution in [0.4, 0.5) is 0 Å². The van der Waals surface area contributed by atoms with Crippen molar-refractivity contribution in [3.63, 3.8) is 0 Å². The van der Waals surface area contributed by atoms with Gasteiger partial charge in [0.1, 0.15) is 22.4 Å². The van der Waals surface area contributed by atoms with E-state index in [1.54, 1.807) is 20.8 Å². The van der Waals surface area contributed by atoms with Crippen LogP contribution in [0, 0.1) is 22.7 Å². The van der Waals surface area contributed by atoms with Crippen LogP contribution < -0.4 is 0 Å². The Balaban J connectivity index is 1.67. The Morgan fingerprint density at radius 1 is 1.19 bits per heavy atom. The molecule has 11 atom stereocenters. The molecule has 1 aromatic rings. The Bertz CT molecular complexity index is 1170. The van der Waals surface area contributed by atoms with Gasteiger partial charge in [-0.15, -0.1) is 0 Å². The number of hydrogen-bond acceptors (Lipinski definition) is 10. The molecule has 1 spiro atoms. The van der Waals surface area contributed by atoms with Crippen LogP contribution in [0.15, 0.2) is 24.5 Å². The highest BCUT2D eigenvalue weighted by atomic mass is 16.7. The number of carbonyl (C=O) groups is 1. The number of carbonyl (C=O) groups excluding carboxylic acids is 1. The number of aliphatic hydroxyl groups is 6. The minimum absolute atomic E-state index is 0.0574. The van der Waals surface area contributed by atoms with E-state index >= 15 is 0 Å². The molecule has 6 fully saturated rings. The molecule has 1 aromatic heterocycles. The third kappa shape index (κ3) is 1.81. The van der Waals surface area contributed by atoms with Gasteiger partial charge < -0.3 is 40.1 Å². The molecule has 2 saturated heterocycles. The van der Waals surface area contributed by atoms with Crippen molar-refractivity contribution in [1.82, 2.24) is 4.98 Å². The summed E-state index contributed by atoms with van der Waals surface area (Å²) >= 11 is 0. The normalized spacial score (nSPS) is 58.4. The second-order valence-corrected chi connectivity index (χ2v) is 12.6. The summed E-state index contributed by atoms with van der Waals surface area (Å²) < 4.78 is 12.1. The van der Waals surface area contributed by atoms with Gasteiger partial charge in [0.2, 0.25) is 0 Å². The van der Waals surface area contributed by atoms with E-state index in [-0.39, 0.29) is 18.4 Å². The molecule has 10 nitrogen and oxygen atoms in total. The monoisotopic (exact) mass is 505 g/mol. The van der Waals surface area contributed by atoms with Crippen molar-refractivity contribution in [3.05, 3.63) is 30.1 Å². The molecule has 198 valence electrons. The van der Waals surface area contributed by atoms with Gasteiger partial charge in [0, 0.05) is 24.2 Å². The smallest absolute Gasteiger partial charge is 0.340 e. The molecular weight excluding hydrogens is 470 g/mol. The fraction of sp³-hybridized carbons (Fsp3) is 0.769. The Morgan fingerprint density at radius 2 is 1.86 bits per heavy atom. The number of esters is 1. The van der Waals surface area contributed by atoms with Crippen LogP contribution in [0.2, 0.25) is 0 Å². The lowest BCUT2D eigenvalue weighted by Crippen LogP contribution is -2.75. The summed E-state index contributed by atoms with van der Waals surface area (Å²) in [6, 6.07) is 3.00. The highest BCUT2D eigenvalue weighted by molar-refractivity contribution is 5.89. The van der Waals surface area contributed by atoms with Crippen molar-refractivity contribution in [3.8, 4) is 0 Å². The fourth-order valence-electron chi connectivity index (χ4n) is 9.59. The first-order chi connectivity index (χ1) is 16.5. The predicted molar refractivity (Wildman–Crippen MR) is 122 cm³/mol. The van der Waals surface area contributed by atoms with Gasteiger partial charge >= 0.3 is 5.97 Å². The van der Waals surface area contributed by atoms with Gasteiger partial charge in [-0.2, -0.15) is 0 Å². The average Bonchev–Trinajstić information content (AvgIpc) is 3.06. The van der Waals surface area contributed by atoms with E-state index in [1.165, 1.54) is 38.4 Å². The summed E-state index contributed by atoms with van der Waals surface area (Å²) in [5.41, 5.74) is -15.3. The zero-order valence-electron chi connectivity index (χ0n) is 21.1. The number of hydrogen-bond donors (Lipinski definition) is 6. The van der Waals surface area contributed by atoms with Gasteiger partial charge in [0.05, 0.1) is 17.1 Å². The van der Waals surface area contributed by atoms with Crippen molar-refractivity contribution < 1.29 is 44.9 Å². The van der Waals surface area contributed by atoms with Crippen LogP contribution in [-0.4, -0.2) is 87.6 Å². The zero-order chi connectivity index (χ0) is 26.5. The minimum atomic E-state index is -2.60. The van der Waals surface area contributed by atoms with Crippen LogP contribution >= 0.6 is 0 Å². The summed E-state index contributed by atoms with van der Waals surface area (Å²) in [4.78, 5) is 17.2. The summed E-state index contributed by atoms with van der Waals surface area (Å²) in [5, 5.41) is 74.1. The molecule has 6 aliphatic rings. The van der Waals surface area contributed by atoms with Crippen molar-refractivity contribution in [1.29, 1.82) is 0 Å². The summed E-state index contributed by atoms with van der Waals surface area (Å²) in [7, 11) is 0. The summed E-state index contributed by atoms with van der Waals surface area (Å²) in [6.45, 7) is 7.89. The Labute approximate surface area is 208 Å². The van der Waals surface area contributed by atoms with E-state index in [2.05, 4.69) is 4.98 Å². The Morgan fingerprint density at radius 3 is 2.44 bits per heavy atom. The number of pyridine rings is 1. The minimum Gasteiger partial charge on any atom is -0.452 e. The number of ether oxygens (including phenoxy) is 2. The summed E-state index contributed by atoms with van der Waals surface area (Å²) in [5.74, 6) is -4.39. The van der Waals surface area contributed by atoms with E-state index in [4.69, 9.17) is 9.47 Å². The SMILES string of the molecule is CC(C)[C@@]1(O)[C@@H](OC(=O)c2cccnc2)[C@@]2(O)[C@@]3(C)C[C@@]4(O)OC5([C@H](O)[C@@H](C)CC[C@@]53O)[C@@]2(O)[C@]41C. The number of rotatable bonds is 3. The fourth-order valence-corrected chi connectivity index (χ4v) is 9.59. The maximum absolute atomic E-state index is 13.3. The van der Waals surface area contributed by atoms with Gasteiger partial charge in [-0.1, -0.05) is 27.7 Å². The summed E-state index contributed by atoms with van der Waals surface area (Å²) in [6.07, 6.45) is -0.455. The van der Waals surface area contributed by atoms with Gasteiger partial charge in [-0.25, -0.2) is 4.79 Å². The quantitative estimate of drug-likeness (QED) is 0.304. The molecule has 0 aromatic carbocycles. The number of aromatic nitrogens is 1. The molecule has 4 aliphatic carbocycles. The van der Waals surface area contributed by atoms with Crippen molar-refractivity contribution in [2.45, 2.75) is 99.9 Å². The van der Waals surface area contributed by atoms with Gasteiger partial charge in [-0.05, 0) is 43.7 Å². The lowest BCUT2D eigenvalue weighted by atomic mass is 9.52. The average molecular weight is 506 g/mol. The number of nitrogens with zero attached hydrogens (tertiary/aromatic N) is 1. The standard InChI is InChI=1S/C26H35NO9/c1-13(2)23(32)18(35-17(29)15-7-6-10-27-11-15)24(33)19(4)12-22(31)20(23,5)26(24,34)25(36-22)16(28)14(3)8-9-21(19,25)30/h6-7,10-11,13-14,16,18,28,30-34H,8-9,12H2,1-5H3/t14-,16+,18+,19-,20+,21-,22+,23+,24+,25?,26+/m0/s1. The molecule has 36 heavy (non-hydrogen) atoms. The van der Waals surface area contributed by atoms with E-state index in [9.17, 15) is 35.4 Å². The largest absolute Gasteiger partial charge is 0.452 e. The van der Waals surface area contributed by atoms with Crippen LogP contribution in [0.25, 0.3) is 0 Å². The van der Waals surface area contributed by atoms with Crippen molar-refractivity contribution in [2.75, 3.05) is 0 Å². The predicted octanol–water partition coefficient (Wildman–Crippen LogP) is -0.121. The zero-order valence-corrected chi connectivity index (χ0v) is 21.1. The first kappa shape index (κ1) is 24.7. The van der Waals surface area contributed by atoms with Crippen LogP contribution in [-0.2, 0) is 9.47 Å². The molecule has 3 heterocycles. The molecule has 1 unspecified atom stereocenters. The first-order valence-electron chi connectivity index (χ1n) is 12.6. The number of aliphatic hydroxyl groups excluding tert-OH is 1. The Hall–Kier alpha value is -1.66. The van der Waals surface area contributed by atoms with Crippen LogP contribution in [0.5, 0.6) is 0 Å². The van der Waals surface area contributed by atoms with Crippen LogP contribution in [0.3, 0.4) is 0 Å². The molecule has 6 N–H and O–H groups in total. The lowest BCUT2D eigenvalue weighted by molar-refractivity contribution is -0.390. The van der Waals surface area contributed by atoms with E-state index in [0.717, 1.165) is 0 Å². The molecule has 7 rings (SSSR count). The topological polar surface area (TPSA) is 170 Å². The van der Waals surface area contributed by atoms with E-state index in [0.29, 0.717) is 6.42 Å². The highest BCUT2D eigenvalue weighted by Crippen LogP contribution is 2.90.